The molecule has 0 saturated carbocycles. The summed E-state index contributed by atoms with van der Waals surface area (Å²) < 4.78 is 0. The molecule has 2 atom stereocenters. The van der Waals surface area contributed by atoms with E-state index in [1.807, 2.05) is 31.2 Å². The van der Waals surface area contributed by atoms with E-state index in [-0.39, 0.29) is 13.0 Å². The van der Waals surface area contributed by atoms with Crippen LogP contribution in [0, 0.1) is 6.92 Å². The first-order valence-corrected chi connectivity index (χ1v) is 6.48. The maximum Gasteiger partial charge on any atom is 0.326 e. The van der Waals surface area contributed by atoms with E-state index in [2.05, 4.69) is 5.32 Å². The Balaban J connectivity index is 1.96. The molecule has 0 aromatic heterocycles. The van der Waals surface area contributed by atoms with Crippen LogP contribution < -0.4 is 5.32 Å². The lowest BCUT2D eigenvalue weighted by atomic mass is 10.1. The van der Waals surface area contributed by atoms with Crippen LogP contribution in [0.5, 0.6) is 0 Å². The van der Waals surface area contributed by atoms with Gasteiger partial charge in [0.1, 0.15) is 6.04 Å². The van der Waals surface area contributed by atoms with E-state index in [1.54, 1.807) is 0 Å². The van der Waals surface area contributed by atoms with E-state index in [0.717, 1.165) is 11.1 Å². The van der Waals surface area contributed by atoms with Gasteiger partial charge >= 0.3 is 12.0 Å². The number of hydrogen-bond acceptors (Lipinski definition) is 3. The van der Waals surface area contributed by atoms with Crippen molar-refractivity contribution in [3.05, 3.63) is 35.4 Å². The van der Waals surface area contributed by atoms with Crippen molar-refractivity contribution < 1.29 is 19.8 Å². The van der Waals surface area contributed by atoms with Crippen LogP contribution in [0.3, 0.4) is 0 Å². The molecular weight excluding hydrogens is 260 g/mol. The first kappa shape index (κ1) is 14.3. The smallest absolute Gasteiger partial charge is 0.326 e. The van der Waals surface area contributed by atoms with Crippen LogP contribution in [0.25, 0.3) is 0 Å². The van der Waals surface area contributed by atoms with Crippen molar-refractivity contribution in [3.63, 3.8) is 0 Å². The lowest BCUT2D eigenvalue weighted by molar-refractivity contribution is -0.141. The van der Waals surface area contributed by atoms with Gasteiger partial charge < -0.3 is 20.4 Å². The molecule has 1 aromatic rings. The van der Waals surface area contributed by atoms with Gasteiger partial charge in [0.05, 0.1) is 6.10 Å². The summed E-state index contributed by atoms with van der Waals surface area (Å²) in [5, 5.41) is 21.2. The zero-order valence-corrected chi connectivity index (χ0v) is 11.2. The number of nitrogens with one attached hydrogen (secondary N) is 1. The molecule has 0 spiro atoms. The fraction of sp³-hybridized carbons (Fsp3) is 0.429. The van der Waals surface area contributed by atoms with Crippen molar-refractivity contribution in [1.82, 2.24) is 10.2 Å². The Morgan fingerprint density at radius 3 is 2.85 bits per heavy atom. The van der Waals surface area contributed by atoms with Crippen molar-refractivity contribution >= 4 is 12.0 Å². The standard InChI is InChI=1S/C14H18N2O4/c1-9-3-2-4-10(5-9)7-15-14(20)16-8-11(17)6-12(16)13(18)19/h2-5,11-12,17H,6-8H2,1H3,(H,15,20)(H,18,19)/t11?,12-/m0/s1. The van der Waals surface area contributed by atoms with Gasteiger partial charge in [-0.3, -0.25) is 0 Å². The zero-order valence-electron chi connectivity index (χ0n) is 11.2. The number of carbonyl (C=O) groups is 2. The average Bonchev–Trinajstić information content (AvgIpc) is 2.78. The van der Waals surface area contributed by atoms with E-state index >= 15 is 0 Å². The zero-order chi connectivity index (χ0) is 14.7. The molecule has 1 heterocycles. The molecule has 3 N–H and O–H groups in total. The molecule has 0 radical (unpaired) electrons. The van der Waals surface area contributed by atoms with E-state index in [0.29, 0.717) is 6.54 Å². The van der Waals surface area contributed by atoms with Gasteiger partial charge in [0.15, 0.2) is 0 Å². The second kappa shape index (κ2) is 5.92. The second-order valence-electron chi connectivity index (χ2n) is 5.04. The molecule has 6 heteroatoms. The molecule has 1 aromatic carbocycles. The maximum absolute atomic E-state index is 12.0. The molecule has 0 bridgehead atoms. The highest BCUT2D eigenvalue weighted by molar-refractivity contribution is 5.83. The Hall–Kier alpha value is -2.08. The molecule has 2 amide bonds. The van der Waals surface area contributed by atoms with Gasteiger partial charge in [-0.05, 0) is 12.5 Å². The molecule has 1 aliphatic heterocycles. The first-order valence-electron chi connectivity index (χ1n) is 6.48. The van der Waals surface area contributed by atoms with Crippen LogP contribution in [-0.2, 0) is 11.3 Å². The molecule has 1 aliphatic rings. The minimum Gasteiger partial charge on any atom is -0.480 e. The summed E-state index contributed by atoms with van der Waals surface area (Å²) in [4.78, 5) is 24.2. The van der Waals surface area contributed by atoms with E-state index in [1.165, 1.54) is 4.90 Å². The van der Waals surface area contributed by atoms with Crippen LogP contribution in [0.15, 0.2) is 24.3 Å². The molecule has 1 saturated heterocycles. The summed E-state index contributed by atoms with van der Waals surface area (Å²) in [5.74, 6) is -1.09. The third-order valence-electron chi connectivity index (χ3n) is 3.35. The highest BCUT2D eigenvalue weighted by atomic mass is 16.4. The Kier molecular flexibility index (Phi) is 4.24. The predicted molar refractivity (Wildman–Crippen MR) is 72.2 cm³/mol. The Morgan fingerprint density at radius 2 is 2.20 bits per heavy atom. The van der Waals surface area contributed by atoms with Crippen LogP contribution in [0.4, 0.5) is 4.79 Å². The Morgan fingerprint density at radius 1 is 1.45 bits per heavy atom. The molecule has 1 unspecified atom stereocenters. The van der Waals surface area contributed by atoms with Crippen LogP contribution in [0.1, 0.15) is 17.5 Å². The van der Waals surface area contributed by atoms with E-state index < -0.39 is 24.1 Å². The number of β-amino-alcohol motifs (C(OH)–C–C–N with tert-alkyl or cyclic N) is 1. The molecule has 108 valence electrons. The number of benzene rings is 1. The summed E-state index contributed by atoms with van der Waals surface area (Å²) in [7, 11) is 0. The number of urea groups is 1. The minimum absolute atomic E-state index is 0.0522. The van der Waals surface area contributed by atoms with Gasteiger partial charge in [0.2, 0.25) is 0 Å². The summed E-state index contributed by atoms with van der Waals surface area (Å²) >= 11 is 0. The Bertz CT molecular complexity index is 518. The fourth-order valence-corrected chi connectivity index (χ4v) is 2.37. The van der Waals surface area contributed by atoms with Crippen molar-refractivity contribution in [2.24, 2.45) is 0 Å². The number of amides is 2. The molecular formula is C14H18N2O4. The average molecular weight is 278 g/mol. The van der Waals surface area contributed by atoms with Crippen molar-refractivity contribution in [3.8, 4) is 0 Å². The molecule has 1 fully saturated rings. The highest BCUT2D eigenvalue weighted by Gasteiger charge is 2.38. The lowest BCUT2D eigenvalue weighted by Crippen LogP contribution is -2.45. The van der Waals surface area contributed by atoms with E-state index in [9.17, 15) is 14.7 Å². The fourth-order valence-electron chi connectivity index (χ4n) is 2.37. The maximum atomic E-state index is 12.0. The number of carboxylic acid groups (broad SMARTS) is 1. The summed E-state index contributed by atoms with van der Waals surface area (Å²) in [5.41, 5.74) is 2.04. The van der Waals surface area contributed by atoms with Crippen molar-refractivity contribution in [1.29, 1.82) is 0 Å². The van der Waals surface area contributed by atoms with Gasteiger partial charge in [-0.25, -0.2) is 9.59 Å². The Labute approximate surface area is 117 Å². The normalized spacial score (nSPS) is 21.8. The lowest BCUT2D eigenvalue weighted by Gasteiger charge is -2.21. The topological polar surface area (TPSA) is 89.9 Å². The molecule has 6 nitrogen and oxygen atoms in total. The summed E-state index contributed by atoms with van der Waals surface area (Å²) in [6.45, 7) is 2.35. The van der Waals surface area contributed by atoms with Gasteiger partial charge in [-0.1, -0.05) is 29.8 Å². The SMILES string of the molecule is Cc1cccc(CNC(=O)N2CC(O)C[C@H]2C(=O)O)c1. The number of aliphatic hydroxyl groups is 1. The number of aryl methyl sites for hydroxylation is 1. The highest BCUT2D eigenvalue weighted by Crippen LogP contribution is 2.18. The van der Waals surface area contributed by atoms with Crippen LogP contribution >= 0.6 is 0 Å². The first-order chi connectivity index (χ1) is 9.47. The minimum atomic E-state index is -1.09. The van der Waals surface area contributed by atoms with Gasteiger partial charge in [0.25, 0.3) is 0 Å². The monoisotopic (exact) mass is 278 g/mol. The van der Waals surface area contributed by atoms with Crippen molar-refractivity contribution in [2.75, 3.05) is 6.54 Å². The third kappa shape index (κ3) is 3.27. The number of hydrogen-bond donors (Lipinski definition) is 3. The number of aliphatic carboxylic acids is 1. The quantitative estimate of drug-likeness (QED) is 0.760. The molecule has 2 rings (SSSR count). The molecule has 20 heavy (non-hydrogen) atoms. The third-order valence-corrected chi connectivity index (χ3v) is 3.35. The molecule has 0 aliphatic carbocycles. The van der Waals surface area contributed by atoms with E-state index in [4.69, 9.17) is 5.11 Å². The number of nitrogens with zero attached hydrogens (tertiary/aromatic N) is 1. The van der Waals surface area contributed by atoms with Gasteiger partial charge in [0, 0.05) is 19.5 Å². The van der Waals surface area contributed by atoms with Crippen molar-refractivity contribution in [2.45, 2.75) is 32.0 Å². The van der Waals surface area contributed by atoms with Gasteiger partial charge in [-0.2, -0.15) is 0 Å². The number of aliphatic hydroxyl groups excluding tert-OH is 1. The van der Waals surface area contributed by atoms with Crippen LogP contribution in [0.2, 0.25) is 0 Å². The van der Waals surface area contributed by atoms with Crippen LogP contribution in [-0.4, -0.2) is 45.8 Å². The summed E-state index contributed by atoms with van der Waals surface area (Å²) in [6.07, 6.45) is -0.700. The predicted octanol–water partition coefficient (Wildman–Crippen LogP) is 0.724. The number of likely N-dealkylation sites (tertiary alicyclic amines) is 1. The number of carboxylic acids is 1. The number of rotatable bonds is 3. The number of carbonyl (C=O) groups excluding carboxylic acids is 1. The summed E-state index contributed by atoms with van der Waals surface area (Å²) in [6, 6.07) is 6.28. The largest absolute Gasteiger partial charge is 0.480 e. The second-order valence-corrected chi connectivity index (χ2v) is 5.04. The van der Waals surface area contributed by atoms with Gasteiger partial charge in [-0.15, -0.1) is 0 Å².